The number of H-pyrrole nitrogens is 1. The monoisotopic (exact) mass is 365 g/mol. The number of carbonyl (C=O) groups excluding carboxylic acids is 1. The first-order chi connectivity index (χ1) is 13.1. The Bertz CT molecular complexity index is 1010. The zero-order chi connectivity index (χ0) is 18.8. The molecule has 1 amide bonds. The van der Waals surface area contributed by atoms with Crippen LogP contribution in [0.3, 0.4) is 0 Å². The molecule has 27 heavy (non-hydrogen) atoms. The number of aryl methyl sites for hydroxylation is 2. The quantitative estimate of drug-likeness (QED) is 0.772. The van der Waals surface area contributed by atoms with E-state index in [2.05, 4.69) is 41.1 Å². The van der Waals surface area contributed by atoms with Crippen molar-refractivity contribution in [3.8, 4) is 0 Å². The Morgan fingerprint density at radius 2 is 1.93 bits per heavy atom. The normalized spacial score (nSPS) is 14.7. The second kappa shape index (κ2) is 7.31. The summed E-state index contributed by atoms with van der Waals surface area (Å²) in [6.45, 7) is 5.32. The second-order valence-electron chi connectivity index (χ2n) is 7.05. The van der Waals surface area contributed by atoms with Crippen molar-refractivity contribution < 1.29 is 9.21 Å². The molecule has 140 valence electrons. The van der Waals surface area contributed by atoms with Gasteiger partial charge in [0.15, 0.2) is 5.58 Å². The van der Waals surface area contributed by atoms with Gasteiger partial charge in [0.1, 0.15) is 0 Å². The third-order valence-corrected chi connectivity index (χ3v) is 5.11. The number of hydrogen-bond acceptors (Lipinski definition) is 4. The molecule has 2 aromatic carbocycles. The van der Waals surface area contributed by atoms with Crippen molar-refractivity contribution in [3.05, 3.63) is 64.1 Å². The van der Waals surface area contributed by atoms with E-state index < -0.39 is 5.76 Å². The summed E-state index contributed by atoms with van der Waals surface area (Å²) in [6, 6.07) is 14.0. The lowest BCUT2D eigenvalue weighted by molar-refractivity contribution is -0.131. The first-order valence-electron chi connectivity index (χ1n) is 9.30. The zero-order valence-electron chi connectivity index (χ0n) is 15.4. The Kier molecular flexibility index (Phi) is 4.71. The number of anilines is 1. The molecule has 1 aliphatic rings. The zero-order valence-corrected chi connectivity index (χ0v) is 15.4. The highest BCUT2D eigenvalue weighted by Gasteiger charge is 2.21. The summed E-state index contributed by atoms with van der Waals surface area (Å²) in [5.41, 5.74) is 4.72. The van der Waals surface area contributed by atoms with Crippen LogP contribution < -0.4 is 10.7 Å². The predicted octanol–water partition coefficient (Wildman–Crippen LogP) is 2.71. The van der Waals surface area contributed by atoms with E-state index in [0.717, 1.165) is 31.7 Å². The first kappa shape index (κ1) is 17.4. The lowest BCUT2D eigenvalue weighted by Crippen LogP contribution is -2.48. The first-order valence-corrected chi connectivity index (χ1v) is 9.30. The van der Waals surface area contributed by atoms with Gasteiger partial charge in [0.25, 0.3) is 0 Å². The molecule has 0 radical (unpaired) electrons. The Morgan fingerprint density at radius 3 is 2.70 bits per heavy atom. The van der Waals surface area contributed by atoms with Crippen molar-refractivity contribution in [1.29, 1.82) is 0 Å². The van der Waals surface area contributed by atoms with Gasteiger partial charge in [-0.25, -0.2) is 4.79 Å². The van der Waals surface area contributed by atoms with Crippen LogP contribution in [-0.2, 0) is 11.2 Å². The number of carbonyl (C=O) groups is 1. The van der Waals surface area contributed by atoms with Crippen LogP contribution in [0, 0.1) is 6.92 Å². The lowest BCUT2D eigenvalue weighted by atomic mass is 10.1. The average molecular weight is 365 g/mol. The molecule has 1 N–H and O–H groups in total. The molecule has 0 atom stereocenters. The maximum atomic E-state index is 12.6. The third-order valence-electron chi connectivity index (χ3n) is 5.11. The van der Waals surface area contributed by atoms with Gasteiger partial charge in [-0.2, -0.15) is 0 Å². The summed E-state index contributed by atoms with van der Waals surface area (Å²) < 4.78 is 5.01. The van der Waals surface area contributed by atoms with E-state index >= 15 is 0 Å². The summed E-state index contributed by atoms with van der Waals surface area (Å²) in [7, 11) is 0. The molecule has 3 aromatic rings. The van der Waals surface area contributed by atoms with Crippen molar-refractivity contribution in [2.45, 2.75) is 19.8 Å². The Balaban J connectivity index is 1.32. The summed E-state index contributed by atoms with van der Waals surface area (Å²) in [5.74, 6) is -0.274. The van der Waals surface area contributed by atoms with E-state index in [9.17, 15) is 9.59 Å². The van der Waals surface area contributed by atoms with E-state index in [-0.39, 0.29) is 5.91 Å². The summed E-state index contributed by atoms with van der Waals surface area (Å²) in [4.78, 5) is 30.7. The number of nitrogens with zero attached hydrogens (tertiary/aromatic N) is 2. The van der Waals surface area contributed by atoms with E-state index in [1.54, 1.807) is 6.07 Å². The van der Waals surface area contributed by atoms with Gasteiger partial charge in [-0.05, 0) is 48.7 Å². The molecule has 0 aliphatic carbocycles. The molecular formula is C21H23N3O3. The number of aromatic nitrogens is 1. The number of aromatic amines is 1. The topological polar surface area (TPSA) is 69.5 Å². The molecule has 1 aromatic heterocycles. The minimum Gasteiger partial charge on any atom is -0.408 e. The van der Waals surface area contributed by atoms with Crippen molar-refractivity contribution in [2.75, 3.05) is 31.1 Å². The lowest BCUT2D eigenvalue weighted by Gasteiger charge is -2.36. The molecule has 4 rings (SSSR count). The number of oxazole rings is 1. The van der Waals surface area contributed by atoms with Crippen LogP contribution >= 0.6 is 0 Å². The molecule has 1 fully saturated rings. The smallest absolute Gasteiger partial charge is 0.408 e. The molecule has 2 heterocycles. The highest BCUT2D eigenvalue weighted by atomic mass is 16.4. The van der Waals surface area contributed by atoms with E-state index in [1.165, 1.54) is 11.3 Å². The molecule has 0 bridgehead atoms. The molecule has 6 nitrogen and oxygen atoms in total. The van der Waals surface area contributed by atoms with Gasteiger partial charge in [-0.1, -0.05) is 18.2 Å². The molecule has 0 saturated carbocycles. The van der Waals surface area contributed by atoms with E-state index in [4.69, 9.17) is 4.42 Å². The fourth-order valence-electron chi connectivity index (χ4n) is 3.60. The SMILES string of the molecule is Cc1cccc(N2CCN(C(=O)CCc3ccc4oc(=O)[nH]c4c3)CC2)c1. The van der Waals surface area contributed by atoms with Crippen LogP contribution in [-0.4, -0.2) is 42.0 Å². The minimum absolute atomic E-state index is 0.180. The summed E-state index contributed by atoms with van der Waals surface area (Å²) >= 11 is 0. The Hall–Kier alpha value is -3.02. The molecular weight excluding hydrogens is 342 g/mol. The van der Waals surface area contributed by atoms with Gasteiger partial charge in [-0.3, -0.25) is 9.78 Å². The van der Waals surface area contributed by atoms with Gasteiger partial charge in [0, 0.05) is 38.3 Å². The number of piperazine rings is 1. The van der Waals surface area contributed by atoms with Crippen molar-refractivity contribution in [3.63, 3.8) is 0 Å². The van der Waals surface area contributed by atoms with Crippen LogP contribution in [0.2, 0.25) is 0 Å². The number of benzene rings is 2. The van der Waals surface area contributed by atoms with Gasteiger partial charge < -0.3 is 14.2 Å². The van der Waals surface area contributed by atoms with Gasteiger partial charge in [0.2, 0.25) is 5.91 Å². The minimum atomic E-state index is -0.454. The highest BCUT2D eigenvalue weighted by molar-refractivity contribution is 5.77. The number of hydrogen-bond donors (Lipinski definition) is 1. The maximum absolute atomic E-state index is 12.6. The number of rotatable bonds is 4. The van der Waals surface area contributed by atoms with Gasteiger partial charge >= 0.3 is 5.76 Å². The second-order valence-corrected chi connectivity index (χ2v) is 7.05. The maximum Gasteiger partial charge on any atom is 0.417 e. The largest absolute Gasteiger partial charge is 0.417 e. The standard InChI is InChI=1S/C21H23N3O3/c1-15-3-2-4-17(13-15)23-9-11-24(12-10-23)20(25)8-6-16-5-7-19-18(14-16)22-21(26)27-19/h2-5,7,13-14H,6,8-12H2,1H3,(H,22,26). The molecule has 0 spiro atoms. The fourth-order valence-corrected chi connectivity index (χ4v) is 3.60. The number of fused-ring (bicyclic) bond motifs is 1. The predicted molar refractivity (Wildman–Crippen MR) is 105 cm³/mol. The van der Waals surface area contributed by atoms with Crippen LogP contribution in [0.25, 0.3) is 11.1 Å². The van der Waals surface area contributed by atoms with Crippen molar-refractivity contribution >= 4 is 22.7 Å². The van der Waals surface area contributed by atoms with Gasteiger partial charge in [0.05, 0.1) is 5.52 Å². The fraction of sp³-hybridized carbons (Fsp3) is 0.333. The van der Waals surface area contributed by atoms with Crippen molar-refractivity contribution in [1.82, 2.24) is 9.88 Å². The third kappa shape index (κ3) is 3.89. The van der Waals surface area contributed by atoms with E-state index in [1.807, 2.05) is 17.0 Å². The summed E-state index contributed by atoms with van der Waals surface area (Å²) in [6.07, 6.45) is 1.12. The molecule has 1 saturated heterocycles. The summed E-state index contributed by atoms with van der Waals surface area (Å²) in [5, 5.41) is 0. The highest BCUT2D eigenvalue weighted by Crippen LogP contribution is 2.19. The average Bonchev–Trinajstić information content (AvgIpc) is 3.05. The Labute approximate surface area is 157 Å². The Morgan fingerprint density at radius 1 is 1.11 bits per heavy atom. The van der Waals surface area contributed by atoms with Crippen LogP contribution in [0.15, 0.2) is 51.7 Å². The molecule has 0 unspecified atom stereocenters. The van der Waals surface area contributed by atoms with Crippen LogP contribution in [0.4, 0.5) is 5.69 Å². The van der Waals surface area contributed by atoms with Crippen LogP contribution in [0.5, 0.6) is 0 Å². The molecule has 1 aliphatic heterocycles. The van der Waals surface area contributed by atoms with Crippen molar-refractivity contribution in [2.24, 2.45) is 0 Å². The number of amides is 1. The molecule has 6 heteroatoms. The van der Waals surface area contributed by atoms with Gasteiger partial charge in [-0.15, -0.1) is 0 Å². The number of nitrogens with one attached hydrogen (secondary N) is 1. The van der Waals surface area contributed by atoms with E-state index in [0.29, 0.717) is 23.9 Å². The van der Waals surface area contributed by atoms with Crippen LogP contribution in [0.1, 0.15) is 17.5 Å².